The highest BCUT2D eigenvalue weighted by Crippen LogP contribution is 2.18. The minimum Gasteiger partial charge on any atom is -0.375 e. The average Bonchev–Trinajstić information content (AvgIpc) is 2.16. The molecule has 0 bridgehead atoms. The molecule has 0 aliphatic heterocycles. The average molecular weight is 196 g/mol. The van der Waals surface area contributed by atoms with Crippen molar-refractivity contribution >= 4 is 5.69 Å². The highest BCUT2D eigenvalue weighted by atomic mass is 19.1. The predicted molar refractivity (Wildman–Crippen MR) is 58.4 cm³/mol. The minimum absolute atomic E-state index is 0.164. The highest BCUT2D eigenvalue weighted by molar-refractivity contribution is 5.48. The molecule has 1 aromatic carbocycles. The van der Waals surface area contributed by atoms with Crippen LogP contribution in [0.25, 0.3) is 0 Å². The zero-order valence-corrected chi connectivity index (χ0v) is 8.97. The van der Waals surface area contributed by atoms with Crippen molar-refractivity contribution in [2.75, 3.05) is 32.6 Å². The lowest BCUT2D eigenvalue weighted by Crippen LogP contribution is -2.13. The van der Waals surface area contributed by atoms with Gasteiger partial charge < -0.3 is 10.2 Å². The minimum atomic E-state index is -0.164. The number of benzene rings is 1. The molecule has 1 aromatic rings. The molecule has 0 saturated carbocycles. The largest absolute Gasteiger partial charge is 0.375 e. The van der Waals surface area contributed by atoms with Crippen LogP contribution in [0.1, 0.15) is 5.56 Å². The normalized spacial score (nSPS) is 10.3. The molecular formula is C11H17FN2. The number of likely N-dealkylation sites (N-methyl/N-ethyl adjacent to an activating group) is 1. The number of hydrogen-bond donors (Lipinski definition) is 1. The molecule has 0 atom stereocenters. The number of anilines is 1. The van der Waals surface area contributed by atoms with Crippen LogP contribution < -0.4 is 10.2 Å². The van der Waals surface area contributed by atoms with Crippen molar-refractivity contribution in [1.82, 2.24) is 5.32 Å². The molecule has 2 nitrogen and oxygen atoms in total. The summed E-state index contributed by atoms with van der Waals surface area (Å²) in [7, 11) is 5.61. The quantitative estimate of drug-likeness (QED) is 0.787. The Bertz CT molecular complexity index is 297. The molecule has 3 heteroatoms. The molecule has 0 aromatic heterocycles. The van der Waals surface area contributed by atoms with Gasteiger partial charge in [0.05, 0.1) is 5.69 Å². The molecule has 0 spiro atoms. The van der Waals surface area contributed by atoms with Crippen LogP contribution in [0.4, 0.5) is 10.1 Å². The second kappa shape index (κ2) is 4.96. The van der Waals surface area contributed by atoms with E-state index in [1.54, 1.807) is 4.90 Å². The van der Waals surface area contributed by atoms with E-state index in [1.807, 2.05) is 33.3 Å². The first kappa shape index (κ1) is 11.0. The molecule has 0 unspecified atom stereocenters. The van der Waals surface area contributed by atoms with Gasteiger partial charge in [0.2, 0.25) is 0 Å². The third-order valence-electron chi connectivity index (χ3n) is 2.16. The first-order valence-corrected chi connectivity index (χ1v) is 4.75. The maximum Gasteiger partial charge on any atom is 0.146 e. The summed E-state index contributed by atoms with van der Waals surface area (Å²) in [6, 6.07) is 5.26. The van der Waals surface area contributed by atoms with E-state index >= 15 is 0 Å². The summed E-state index contributed by atoms with van der Waals surface area (Å²) in [6.07, 6.45) is 0.928. The van der Waals surface area contributed by atoms with E-state index in [0.717, 1.165) is 18.5 Å². The van der Waals surface area contributed by atoms with Crippen molar-refractivity contribution in [3.05, 3.63) is 29.6 Å². The second-order valence-corrected chi connectivity index (χ2v) is 3.53. The lowest BCUT2D eigenvalue weighted by atomic mass is 10.1. The van der Waals surface area contributed by atoms with E-state index in [0.29, 0.717) is 5.69 Å². The number of halogens is 1. The molecule has 78 valence electrons. The highest BCUT2D eigenvalue weighted by Gasteiger charge is 2.04. The smallest absolute Gasteiger partial charge is 0.146 e. The Balaban J connectivity index is 2.83. The van der Waals surface area contributed by atoms with Crippen LogP contribution in [0.2, 0.25) is 0 Å². The Labute approximate surface area is 84.7 Å². The summed E-state index contributed by atoms with van der Waals surface area (Å²) in [5.41, 5.74) is 1.81. The molecule has 14 heavy (non-hydrogen) atoms. The fourth-order valence-corrected chi connectivity index (χ4v) is 1.33. The Morgan fingerprint density at radius 3 is 2.64 bits per heavy atom. The van der Waals surface area contributed by atoms with Gasteiger partial charge in [-0.25, -0.2) is 4.39 Å². The van der Waals surface area contributed by atoms with Crippen LogP contribution in [0, 0.1) is 5.82 Å². The predicted octanol–water partition coefficient (Wildman–Crippen LogP) is 1.65. The molecule has 0 heterocycles. The Morgan fingerprint density at radius 2 is 2.07 bits per heavy atom. The van der Waals surface area contributed by atoms with Crippen molar-refractivity contribution in [2.24, 2.45) is 0 Å². The van der Waals surface area contributed by atoms with Gasteiger partial charge in [-0.1, -0.05) is 6.07 Å². The summed E-state index contributed by atoms with van der Waals surface area (Å²) in [5.74, 6) is -0.164. The second-order valence-electron chi connectivity index (χ2n) is 3.53. The fourth-order valence-electron chi connectivity index (χ4n) is 1.33. The molecule has 0 aliphatic carbocycles. The van der Waals surface area contributed by atoms with Gasteiger partial charge in [0.25, 0.3) is 0 Å². The van der Waals surface area contributed by atoms with E-state index in [9.17, 15) is 4.39 Å². The maximum atomic E-state index is 13.3. The SMILES string of the molecule is CNCCc1ccc(F)c(N(C)C)c1. The van der Waals surface area contributed by atoms with Crippen molar-refractivity contribution < 1.29 is 4.39 Å². The molecule has 0 saturated heterocycles. The van der Waals surface area contributed by atoms with Crippen molar-refractivity contribution in [1.29, 1.82) is 0 Å². The van der Waals surface area contributed by atoms with Gasteiger partial charge in [0.1, 0.15) is 5.82 Å². The summed E-state index contributed by atoms with van der Waals surface area (Å²) >= 11 is 0. The van der Waals surface area contributed by atoms with Crippen LogP contribution in [-0.2, 0) is 6.42 Å². The fraction of sp³-hybridized carbons (Fsp3) is 0.455. The zero-order valence-electron chi connectivity index (χ0n) is 8.97. The van der Waals surface area contributed by atoms with E-state index < -0.39 is 0 Å². The standard InChI is InChI=1S/C11H17FN2/c1-13-7-6-9-4-5-10(12)11(8-9)14(2)3/h4-5,8,13H,6-7H2,1-3H3. The van der Waals surface area contributed by atoms with Gasteiger partial charge >= 0.3 is 0 Å². The van der Waals surface area contributed by atoms with Crippen LogP contribution in [0.15, 0.2) is 18.2 Å². The number of nitrogens with one attached hydrogen (secondary N) is 1. The topological polar surface area (TPSA) is 15.3 Å². The Kier molecular flexibility index (Phi) is 3.89. The molecule has 0 fully saturated rings. The van der Waals surface area contributed by atoms with Gasteiger partial charge in [-0.3, -0.25) is 0 Å². The van der Waals surface area contributed by atoms with E-state index in [4.69, 9.17) is 0 Å². The summed E-state index contributed by atoms with van der Waals surface area (Å²) in [4.78, 5) is 1.79. The first-order valence-electron chi connectivity index (χ1n) is 4.75. The zero-order chi connectivity index (χ0) is 10.6. The van der Waals surface area contributed by atoms with Gasteiger partial charge in [-0.2, -0.15) is 0 Å². The van der Waals surface area contributed by atoms with Gasteiger partial charge in [0, 0.05) is 14.1 Å². The molecule has 1 N–H and O–H groups in total. The molecular weight excluding hydrogens is 179 g/mol. The van der Waals surface area contributed by atoms with Gasteiger partial charge in [0.15, 0.2) is 0 Å². The molecule has 0 aliphatic rings. The Morgan fingerprint density at radius 1 is 1.36 bits per heavy atom. The van der Waals surface area contributed by atoms with E-state index in [-0.39, 0.29) is 5.82 Å². The van der Waals surface area contributed by atoms with Crippen molar-refractivity contribution in [3.63, 3.8) is 0 Å². The van der Waals surface area contributed by atoms with Crippen LogP contribution in [0.5, 0.6) is 0 Å². The van der Waals surface area contributed by atoms with Gasteiger partial charge in [-0.05, 0) is 37.7 Å². The van der Waals surface area contributed by atoms with Crippen LogP contribution in [-0.4, -0.2) is 27.7 Å². The van der Waals surface area contributed by atoms with Crippen LogP contribution >= 0.6 is 0 Å². The van der Waals surface area contributed by atoms with Crippen LogP contribution in [0.3, 0.4) is 0 Å². The summed E-state index contributed by atoms with van der Waals surface area (Å²) < 4.78 is 13.3. The monoisotopic (exact) mass is 196 g/mol. The lowest BCUT2D eigenvalue weighted by Gasteiger charge is -2.14. The summed E-state index contributed by atoms with van der Waals surface area (Å²) in [6.45, 7) is 0.915. The number of rotatable bonds is 4. The lowest BCUT2D eigenvalue weighted by molar-refractivity contribution is 0.625. The third-order valence-corrected chi connectivity index (χ3v) is 2.16. The van der Waals surface area contributed by atoms with Crippen molar-refractivity contribution in [2.45, 2.75) is 6.42 Å². The maximum absolute atomic E-state index is 13.3. The molecule has 0 amide bonds. The van der Waals surface area contributed by atoms with E-state index in [1.165, 1.54) is 6.07 Å². The van der Waals surface area contributed by atoms with E-state index in [2.05, 4.69) is 5.32 Å². The molecule has 0 radical (unpaired) electrons. The first-order chi connectivity index (χ1) is 6.65. The van der Waals surface area contributed by atoms with Gasteiger partial charge in [-0.15, -0.1) is 0 Å². The number of hydrogen-bond acceptors (Lipinski definition) is 2. The van der Waals surface area contributed by atoms with Crippen molar-refractivity contribution in [3.8, 4) is 0 Å². The molecule has 1 rings (SSSR count). The number of nitrogens with zero attached hydrogens (tertiary/aromatic N) is 1. The Hall–Kier alpha value is -1.09. The third kappa shape index (κ3) is 2.70. The summed E-state index contributed by atoms with van der Waals surface area (Å²) in [5, 5.41) is 3.07.